The third-order valence-electron chi connectivity index (χ3n) is 3.41. The van der Waals surface area contributed by atoms with Crippen molar-refractivity contribution in [3.63, 3.8) is 0 Å². The second-order valence-corrected chi connectivity index (χ2v) is 6.43. The zero-order valence-electron chi connectivity index (χ0n) is 12.6. The Morgan fingerprint density at radius 2 is 1.79 bits per heavy atom. The summed E-state index contributed by atoms with van der Waals surface area (Å²) in [5.41, 5.74) is 0. The Morgan fingerprint density at radius 3 is 2.32 bits per heavy atom. The average Bonchev–Trinajstić information content (AvgIpc) is 2.24. The van der Waals surface area contributed by atoms with E-state index in [9.17, 15) is 9.59 Å². The van der Waals surface area contributed by atoms with Gasteiger partial charge in [-0.25, -0.2) is 4.79 Å². The molecule has 0 aromatic heterocycles. The molecule has 19 heavy (non-hydrogen) atoms. The van der Waals surface area contributed by atoms with E-state index in [0.717, 1.165) is 13.1 Å². The zero-order valence-corrected chi connectivity index (χ0v) is 12.6. The molecule has 1 fully saturated rings. The van der Waals surface area contributed by atoms with Crippen molar-refractivity contribution in [3.8, 4) is 0 Å². The van der Waals surface area contributed by atoms with Crippen LogP contribution in [0.2, 0.25) is 0 Å². The molecular formula is C14H28N3O2+. The van der Waals surface area contributed by atoms with Gasteiger partial charge in [0, 0.05) is 18.4 Å². The smallest absolute Gasteiger partial charge is 0.321 e. The van der Waals surface area contributed by atoms with E-state index in [1.165, 1.54) is 11.3 Å². The lowest BCUT2D eigenvalue weighted by atomic mass is 9.92. The summed E-state index contributed by atoms with van der Waals surface area (Å²) in [5.74, 6) is 1.51. The second kappa shape index (κ2) is 7.48. The van der Waals surface area contributed by atoms with Crippen molar-refractivity contribution in [2.45, 2.75) is 34.1 Å². The standard InChI is InChI=1S/C14H27N3O2/c1-10(2)6-15-14(19)16-13(18)9-17-7-11(3)5-12(4)8-17/h10-12H,5-9H2,1-4H3,(H2,15,16,18,19)/p+1/t11-,12-/m1/s1. The number of nitrogens with one attached hydrogen (secondary N) is 3. The van der Waals surface area contributed by atoms with Gasteiger partial charge in [0.2, 0.25) is 0 Å². The van der Waals surface area contributed by atoms with Gasteiger partial charge in [0.25, 0.3) is 5.91 Å². The predicted molar refractivity (Wildman–Crippen MR) is 74.9 cm³/mol. The summed E-state index contributed by atoms with van der Waals surface area (Å²) in [4.78, 5) is 24.5. The molecule has 0 unspecified atom stereocenters. The molecule has 110 valence electrons. The van der Waals surface area contributed by atoms with Crippen LogP contribution in [0.4, 0.5) is 4.79 Å². The summed E-state index contributed by atoms with van der Waals surface area (Å²) in [5, 5.41) is 5.09. The minimum atomic E-state index is -0.379. The van der Waals surface area contributed by atoms with E-state index >= 15 is 0 Å². The third-order valence-corrected chi connectivity index (χ3v) is 3.41. The molecule has 0 saturated carbocycles. The minimum Gasteiger partial charge on any atom is -0.338 e. The van der Waals surface area contributed by atoms with Gasteiger partial charge in [0.05, 0.1) is 13.1 Å². The summed E-state index contributed by atoms with van der Waals surface area (Å²) < 4.78 is 0. The summed E-state index contributed by atoms with van der Waals surface area (Å²) in [7, 11) is 0. The molecule has 3 N–H and O–H groups in total. The first-order valence-corrected chi connectivity index (χ1v) is 7.28. The lowest BCUT2D eigenvalue weighted by molar-refractivity contribution is -0.904. The first-order chi connectivity index (χ1) is 8.86. The second-order valence-electron chi connectivity index (χ2n) is 6.43. The van der Waals surface area contributed by atoms with Gasteiger partial charge < -0.3 is 10.2 Å². The maximum absolute atomic E-state index is 11.8. The molecule has 0 bridgehead atoms. The maximum atomic E-state index is 11.8. The van der Waals surface area contributed by atoms with E-state index in [4.69, 9.17) is 0 Å². The Hall–Kier alpha value is -1.10. The molecule has 0 aliphatic carbocycles. The Balaban J connectivity index is 2.28. The van der Waals surface area contributed by atoms with Crippen molar-refractivity contribution in [1.29, 1.82) is 0 Å². The molecule has 0 radical (unpaired) electrons. The van der Waals surface area contributed by atoms with E-state index in [-0.39, 0.29) is 11.9 Å². The molecule has 2 atom stereocenters. The fraction of sp³-hybridized carbons (Fsp3) is 0.857. The summed E-state index contributed by atoms with van der Waals surface area (Å²) in [6, 6.07) is -0.379. The Bertz CT molecular complexity index is 308. The molecule has 1 aliphatic heterocycles. The molecule has 0 aromatic carbocycles. The molecule has 1 heterocycles. The Labute approximate surface area is 116 Å². The predicted octanol–water partition coefficient (Wildman–Crippen LogP) is 0.0290. The largest absolute Gasteiger partial charge is 0.338 e. The van der Waals surface area contributed by atoms with E-state index in [2.05, 4.69) is 24.5 Å². The molecule has 5 heteroatoms. The SMILES string of the molecule is CC(C)CNC(=O)NC(=O)C[NH+]1C[C@H](C)C[C@@H](C)C1. The Kier molecular flexibility index (Phi) is 6.28. The lowest BCUT2D eigenvalue weighted by Gasteiger charge is -2.31. The maximum Gasteiger partial charge on any atom is 0.321 e. The Morgan fingerprint density at radius 1 is 1.21 bits per heavy atom. The fourth-order valence-electron chi connectivity index (χ4n) is 2.81. The van der Waals surface area contributed by atoms with Crippen LogP contribution < -0.4 is 15.5 Å². The van der Waals surface area contributed by atoms with Gasteiger partial charge >= 0.3 is 6.03 Å². The molecule has 1 aliphatic rings. The first-order valence-electron chi connectivity index (χ1n) is 7.28. The number of quaternary nitrogens is 1. The minimum absolute atomic E-state index is 0.183. The van der Waals surface area contributed by atoms with Crippen molar-refractivity contribution < 1.29 is 14.5 Å². The quantitative estimate of drug-likeness (QED) is 0.675. The highest BCUT2D eigenvalue weighted by Gasteiger charge is 2.27. The average molecular weight is 270 g/mol. The van der Waals surface area contributed by atoms with E-state index in [0.29, 0.717) is 30.8 Å². The van der Waals surface area contributed by atoms with Crippen LogP contribution >= 0.6 is 0 Å². The first kappa shape index (κ1) is 16.0. The molecule has 5 nitrogen and oxygen atoms in total. The number of carbonyl (C=O) groups is 2. The van der Waals surface area contributed by atoms with Gasteiger partial charge in [0.1, 0.15) is 0 Å². The van der Waals surface area contributed by atoms with E-state index in [1.54, 1.807) is 0 Å². The zero-order chi connectivity index (χ0) is 14.4. The van der Waals surface area contributed by atoms with Gasteiger partial charge in [-0.05, 0) is 12.3 Å². The molecular weight excluding hydrogens is 242 g/mol. The molecule has 0 spiro atoms. The van der Waals surface area contributed by atoms with E-state index < -0.39 is 0 Å². The van der Waals surface area contributed by atoms with Gasteiger partial charge in [-0.15, -0.1) is 0 Å². The van der Waals surface area contributed by atoms with Crippen molar-refractivity contribution >= 4 is 11.9 Å². The van der Waals surface area contributed by atoms with Crippen LogP contribution in [0.25, 0.3) is 0 Å². The number of amides is 3. The summed E-state index contributed by atoms with van der Waals surface area (Å²) in [6.07, 6.45) is 1.24. The number of hydrogen-bond donors (Lipinski definition) is 3. The van der Waals surface area contributed by atoms with Crippen LogP contribution in [-0.4, -0.2) is 38.1 Å². The normalized spacial score (nSPS) is 27.1. The van der Waals surface area contributed by atoms with Crippen LogP contribution in [-0.2, 0) is 4.79 Å². The molecule has 1 rings (SSSR count). The van der Waals surface area contributed by atoms with Crippen molar-refractivity contribution in [2.75, 3.05) is 26.2 Å². The highest BCUT2D eigenvalue weighted by atomic mass is 16.2. The fourth-order valence-corrected chi connectivity index (χ4v) is 2.81. The number of rotatable bonds is 4. The van der Waals surface area contributed by atoms with Crippen LogP contribution in [0.3, 0.4) is 0 Å². The molecule has 1 saturated heterocycles. The van der Waals surface area contributed by atoms with Crippen LogP contribution in [0.15, 0.2) is 0 Å². The van der Waals surface area contributed by atoms with Crippen molar-refractivity contribution in [2.24, 2.45) is 17.8 Å². The monoisotopic (exact) mass is 270 g/mol. The number of carbonyl (C=O) groups excluding carboxylic acids is 2. The van der Waals surface area contributed by atoms with Crippen LogP contribution in [0, 0.1) is 17.8 Å². The lowest BCUT2D eigenvalue weighted by Crippen LogP contribution is -3.15. The molecule has 0 aromatic rings. The number of piperidine rings is 1. The van der Waals surface area contributed by atoms with Gasteiger partial charge in [-0.3, -0.25) is 10.1 Å². The summed E-state index contributed by atoms with van der Waals surface area (Å²) in [6.45, 7) is 11.5. The van der Waals surface area contributed by atoms with Crippen molar-refractivity contribution in [1.82, 2.24) is 10.6 Å². The van der Waals surface area contributed by atoms with Gasteiger partial charge in [-0.1, -0.05) is 27.7 Å². The van der Waals surface area contributed by atoms with Crippen molar-refractivity contribution in [3.05, 3.63) is 0 Å². The highest BCUT2D eigenvalue weighted by Crippen LogP contribution is 2.11. The topological polar surface area (TPSA) is 62.6 Å². The third kappa shape index (κ3) is 6.57. The summed E-state index contributed by atoms with van der Waals surface area (Å²) >= 11 is 0. The van der Waals surface area contributed by atoms with Crippen LogP contribution in [0.1, 0.15) is 34.1 Å². The number of likely N-dealkylation sites (tertiary alicyclic amines) is 1. The van der Waals surface area contributed by atoms with Gasteiger partial charge in [0.15, 0.2) is 6.54 Å². The van der Waals surface area contributed by atoms with Crippen LogP contribution in [0.5, 0.6) is 0 Å². The number of imide groups is 1. The molecule has 3 amide bonds. The number of hydrogen-bond acceptors (Lipinski definition) is 2. The van der Waals surface area contributed by atoms with Gasteiger partial charge in [-0.2, -0.15) is 0 Å². The highest BCUT2D eigenvalue weighted by molar-refractivity contribution is 5.94. The van der Waals surface area contributed by atoms with E-state index in [1.807, 2.05) is 13.8 Å². The number of urea groups is 1.